The summed E-state index contributed by atoms with van der Waals surface area (Å²) in [6, 6.07) is 16.1. The van der Waals surface area contributed by atoms with Crippen LogP contribution in [-0.4, -0.2) is 40.6 Å². The third kappa shape index (κ3) is 4.31. The molecule has 0 N–H and O–H groups in total. The first-order valence-corrected chi connectivity index (χ1v) is 10.0. The van der Waals surface area contributed by atoms with Crippen LogP contribution < -0.4 is 4.74 Å². The summed E-state index contributed by atoms with van der Waals surface area (Å²) in [5.74, 6) is 1.80. The number of amides is 1. The number of aromatic nitrogens is 2. The van der Waals surface area contributed by atoms with Crippen molar-refractivity contribution in [3.8, 4) is 17.1 Å². The standard InChI is InChI=1S/C23H25N3O3/c1-3-28-20-7-5-4-6-19(20)22-24-23(29-25-22)18-14-21(27)26(15-18)13-12-17-10-8-16(2)9-11-17/h4-11,18H,3,12-15H2,1-2H3. The maximum Gasteiger partial charge on any atom is 0.232 e. The van der Waals surface area contributed by atoms with E-state index in [1.165, 1.54) is 11.1 Å². The Kier molecular flexibility index (Phi) is 5.60. The Morgan fingerprint density at radius 1 is 1.17 bits per heavy atom. The molecule has 1 saturated heterocycles. The number of ether oxygens (including phenoxy) is 1. The van der Waals surface area contributed by atoms with Gasteiger partial charge in [0.1, 0.15) is 5.75 Å². The normalized spacial score (nSPS) is 16.4. The molecule has 1 aliphatic rings. The quantitative estimate of drug-likeness (QED) is 0.609. The third-order valence-corrected chi connectivity index (χ3v) is 5.22. The second-order valence-corrected chi connectivity index (χ2v) is 7.36. The predicted molar refractivity (Wildman–Crippen MR) is 110 cm³/mol. The van der Waals surface area contributed by atoms with Crippen molar-refractivity contribution in [2.75, 3.05) is 19.7 Å². The highest BCUT2D eigenvalue weighted by Crippen LogP contribution is 2.31. The number of aryl methyl sites for hydroxylation is 1. The van der Waals surface area contributed by atoms with Crippen molar-refractivity contribution in [3.05, 3.63) is 65.5 Å². The van der Waals surface area contributed by atoms with E-state index in [1.54, 1.807) is 0 Å². The second kappa shape index (κ2) is 8.47. The number of carbonyl (C=O) groups is 1. The minimum absolute atomic E-state index is 0.0685. The van der Waals surface area contributed by atoms with E-state index in [9.17, 15) is 4.79 Å². The highest BCUT2D eigenvalue weighted by atomic mass is 16.5. The molecule has 0 bridgehead atoms. The molecular weight excluding hydrogens is 366 g/mol. The van der Waals surface area contributed by atoms with Crippen molar-refractivity contribution in [2.24, 2.45) is 0 Å². The van der Waals surface area contributed by atoms with Crippen molar-refractivity contribution < 1.29 is 14.1 Å². The average Bonchev–Trinajstić information content (AvgIpc) is 3.35. The summed E-state index contributed by atoms with van der Waals surface area (Å²) in [4.78, 5) is 18.9. The lowest BCUT2D eigenvalue weighted by Gasteiger charge is -2.15. The Bertz CT molecular complexity index is 981. The van der Waals surface area contributed by atoms with Gasteiger partial charge in [-0.25, -0.2) is 0 Å². The summed E-state index contributed by atoms with van der Waals surface area (Å²) in [5, 5.41) is 4.13. The van der Waals surface area contributed by atoms with Crippen LogP contribution in [0, 0.1) is 6.92 Å². The lowest BCUT2D eigenvalue weighted by atomic mass is 10.1. The van der Waals surface area contributed by atoms with Crippen LogP contribution in [0.2, 0.25) is 0 Å². The van der Waals surface area contributed by atoms with E-state index < -0.39 is 0 Å². The lowest BCUT2D eigenvalue weighted by molar-refractivity contribution is -0.127. The molecule has 3 aromatic rings. The Balaban J connectivity index is 1.42. The molecule has 1 atom stereocenters. The number of likely N-dealkylation sites (tertiary alicyclic amines) is 1. The highest BCUT2D eigenvalue weighted by molar-refractivity contribution is 5.79. The van der Waals surface area contributed by atoms with Crippen molar-refractivity contribution in [1.82, 2.24) is 15.0 Å². The van der Waals surface area contributed by atoms with Gasteiger partial charge in [-0.05, 0) is 38.0 Å². The topological polar surface area (TPSA) is 68.5 Å². The Labute approximate surface area is 170 Å². The van der Waals surface area contributed by atoms with Crippen molar-refractivity contribution in [2.45, 2.75) is 32.6 Å². The van der Waals surface area contributed by atoms with Crippen molar-refractivity contribution in [3.63, 3.8) is 0 Å². The van der Waals surface area contributed by atoms with Crippen LogP contribution in [0.3, 0.4) is 0 Å². The molecule has 2 heterocycles. The molecule has 150 valence electrons. The average molecular weight is 391 g/mol. The van der Waals surface area contributed by atoms with Crippen molar-refractivity contribution in [1.29, 1.82) is 0 Å². The van der Waals surface area contributed by atoms with Crippen LogP contribution in [0.1, 0.15) is 36.3 Å². The van der Waals surface area contributed by atoms with Gasteiger partial charge in [-0.3, -0.25) is 4.79 Å². The Hall–Kier alpha value is -3.15. The molecule has 2 aromatic carbocycles. The number of hydrogen-bond acceptors (Lipinski definition) is 5. The number of hydrogen-bond donors (Lipinski definition) is 0. The number of rotatable bonds is 7. The largest absolute Gasteiger partial charge is 0.493 e. The molecule has 1 amide bonds. The van der Waals surface area contributed by atoms with Gasteiger partial charge in [0.05, 0.1) is 18.1 Å². The number of carbonyl (C=O) groups excluding carboxylic acids is 1. The highest BCUT2D eigenvalue weighted by Gasteiger charge is 2.34. The molecule has 0 radical (unpaired) electrons. The Morgan fingerprint density at radius 2 is 1.97 bits per heavy atom. The molecule has 1 aromatic heterocycles. The van der Waals surface area contributed by atoms with Gasteiger partial charge in [0.2, 0.25) is 17.6 Å². The predicted octanol–water partition coefficient (Wildman–Crippen LogP) is 4.00. The first-order valence-electron chi connectivity index (χ1n) is 10.0. The molecule has 4 rings (SSSR count). The lowest BCUT2D eigenvalue weighted by Crippen LogP contribution is -2.27. The fourth-order valence-electron chi connectivity index (χ4n) is 3.62. The SMILES string of the molecule is CCOc1ccccc1-c1noc(C2CC(=O)N(CCc3ccc(C)cc3)C2)n1. The first kappa shape index (κ1) is 19.2. The first-order chi connectivity index (χ1) is 14.1. The van der Waals surface area contributed by atoms with Gasteiger partial charge >= 0.3 is 0 Å². The smallest absolute Gasteiger partial charge is 0.232 e. The fourth-order valence-corrected chi connectivity index (χ4v) is 3.62. The molecular formula is C23H25N3O3. The number of nitrogens with zero attached hydrogens (tertiary/aromatic N) is 3. The van der Waals surface area contributed by atoms with E-state index in [0.717, 1.165) is 17.7 Å². The van der Waals surface area contributed by atoms with Crippen LogP contribution in [0.15, 0.2) is 53.1 Å². The molecule has 1 aliphatic heterocycles. The van der Waals surface area contributed by atoms with Crippen LogP contribution in [-0.2, 0) is 11.2 Å². The summed E-state index contributed by atoms with van der Waals surface area (Å²) in [5.41, 5.74) is 3.27. The van der Waals surface area contributed by atoms with Gasteiger partial charge in [0.25, 0.3) is 0 Å². The zero-order valence-corrected chi connectivity index (χ0v) is 16.8. The van der Waals surface area contributed by atoms with Crippen molar-refractivity contribution >= 4 is 5.91 Å². The van der Waals surface area contributed by atoms with Gasteiger partial charge in [-0.1, -0.05) is 47.1 Å². The monoisotopic (exact) mass is 391 g/mol. The summed E-state index contributed by atoms with van der Waals surface area (Å²) in [7, 11) is 0. The number of para-hydroxylation sites is 1. The molecule has 1 unspecified atom stereocenters. The van der Waals surface area contributed by atoms with Gasteiger partial charge < -0.3 is 14.2 Å². The fraction of sp³-hybridized carbons (Fsp3) is 0.348. The van der Waals surface area contributed by atoms with E-state index in [-0.39, 0.29) is 11.8 Å². The van der Waals surface area contributed by atoms with Crippen LogP contribution in [0.4, 0.5) is 0 Å². The van der Waals surface area contributed by atoms with Gasteiger partial charge in [0, 0.05) is 19.5 Å². The maximum atomic E-state index is 12.5. The molecule has 1 fully saturated rings. The minimum Gasteiger partial charge on any atom is -0.493 e. The van der Waals surface area contributed by atoms with Gasteiger partial charge in [-0.15, -0.1) is 0 Å². The minimum atomic E-state index is -0.0685. The van der Waals surface area contributed by atoms with Crippen LogP contribution in [0.25, 0.3) is 11.4 Å². The zero-order chi connectivity index (χ0) is 20.2. The Morgan fingerprint density at radius 3 is 2.76 bits per heavy atom. The van der Waals surface area contributed by atoms with Crippen LogP contribution >= 0.6 is 0 Å². The molecule has 29 heavy (non-hydrogen) atoms. The second-order valence-electron chi connectivity index (χ2n) is 7.36. The maximum absolute atomic E-state index is 12.5. The van der Waals surface area contributed by atoms with Crippen LogP contribution in [0.5, 0.6) is 5.75 Å². The number of benzene rings is 2. The molecule has 6 nitrogen and oxygen atoms in total. The summed E-state index contributed by atoms with van der Waals surface area (Å²) < 4.78 is 11.2. The van der Waals surface area contributed by atoms with E-state index in [4.69, 9.17) is 9.26 Å². The molecule has 6 heteroatoms. The van der Waals surface area contributed by atoms with E-state index in [1.807, 2.05) is 36.1 Å². The molecule has 0 saturated carbocycles. The van der Waals surface area contributed by atoms with E-state index in [2.05, 4.69) is 41.3 Å². The molecule has 0 aliphatic carbocycles. The van der Waals surface area contributed by atoms with Gasteiger partial charge in [-0.2, -0.15) is 4.98 Å². The zero-order valence-electron chi connectivity index (χ0n) is 16.8. The van der Waals surface area contributed by atoms with Gasteiger partial charge in [0.15, 0.2) is 0 Å². The summed E-state index contributed by atoms with van der Waals surface area (Å²) >= 11 is 0. The summed E-state index contributed by atoms with van der Waals surface area (Å²) in [6.07, 6.45) is 1.25. The summed E-state index contributed by atoms with van der Waals surface area (Å²) in [6.45, 7) is 5.89. The van der Waals surface area contributed by atoms with E-state index in [0.29, 0.717) is 37.8 Å². The third-order valence-electron chi connectivity index (χ3n) is 5.22. The molecule has 0 spiro atoms. The van der Waals surface area contributed by atoms with E-state index >= 15 is 0 Å².